The number of rotatable bonds is 2. The second-order valence-corrected chi connectivity index (χ2v) is 4.69. The van der Waals surface area contributed by atoms with Gasteiger partial charge in [0.25, 0.3) is 0 Å². The smallest absolute Gasteiger partial charge is 0.238 e. The number of hydrazine groups is 1. The predicted molar refractivity (Wildman–Crippen MR) is 62.8 cm³/mol. The summed E-state index contributed by atoms with van der Waals surface area (Å²) in [6.07, 6.45) is 0.599. The number of hydrogen-bond donors (Lipinski definition) is 1. The fourth-order valence-electron chi connectivity index (χ4n) is 2.92. The Morgan fingerprint density at radius 3 is 2.76 bits per heavy atom. The van der Waals surface area contributed by atoms with E-state index in [9.17, 15) is 9.90 Å². The number of hydrogen-bond acceptors (Lipinski definition) is 3. The zero-order chi connectivity index (χ0) is 11.8. The monoisotopic (exact) mass is 232 g/mol. The largest absolute Gasteiger partial charge is 0.396 e. The van der Waals surface area contributed by atoms with E-state index in [1.807, 2.05) is 18.2 Å². The van der Waals surface area contributed by atoms with E-state index < -0.39 is 0 Å². The molecule has 3 rings (SSSR count). The third-order valence-electron chi connectivity index (χ3n) is 3.70. The second-order valence-electron chi connectivity index (χ2n) is 4.69. The molecule has 0 aliphatic carbocycles. The third-order valence-corrected chi connectivity index (χ3v) is 3.70. The second kappa shape index (κ2) is 4.13. The Morgan fingerprint density at radius 1 is 1.29 bits per heavy atom. The van der Waals surface area contributed by atoms with Gasteiger partial charge >= 0.3 is 0 Å². The quantitative estimate of drug-likeness (QED) is 0.820. The number of fused-ring (bicyclic) bond motifs is 1. The van der Waals surface area contributed by atoms with Crippen LogP contribution in [-0.2, 0) is 4.79 Å². The van der Waals surface area contributed by atoms with Crippen LogP contribution in [0.25, 0.3) is 0 Å². The van der Waals surface area contributed by atoms with Crippen molar-refractivity contribution < 1.29 is 9.90 Å². The molecule has 4 nitrogen and oxygen atoms in total. The van der Waals surface area contributed by atoms with Crippen LogP contribution in [0.4, 0.5) is 0 Å². The van der Waals surface area contributed by atoms with E-state index in [-0.39, 0.29) is 24.5 Å². The molecular weight excluding hydrogens is 216 g/mol. The molecule has 1 amide bonds. The summed E-state index contributed by atoms with van der Waals surface area (Å²) >= 11 is 0. The van der Waals surface area contributed by atoms with Crippen LogP contribution in [0.1, 0.15) is 18.0 Å². The molecule has 1 N–H and O–H groups in total. The highest BCUT2D eigenvalue weighted by atomic mass is 16.3. The maximum Gasteiger partial charge on any atom is 0.238 e. The molecule has 2 aliphatic heterocycles. The van der Waals surface area contributed by atoms with Crippen molar-refractivity contribution in [3.8, 4) is 0 Å². The van der Waals surface area contributed by atoms with Gasteiger partial charge in [-0.1, -0.05) is 30.3 Å². The fraction of sp³-hybridized carbons (Fsp3) is 0.462. The average Bonchev–Trinajstić information content (AvgIpc) is 2.90. The van der Waals surface area contributed by atoms with Crippen molar-refractivity contribution in [2.24, 2.45) is 5.92 Å². The van der Waals surface area contributed by atoms with Crippen molar-refractivity contribution in [3.63, 3.8) is 0 Å². The van der Waals surface area contributed by atoms with Crippen LogP contribution in [0.3, 0.4) is 0 Å². The first-order valence-corrected chi connectivity index (χ1v) is 6.04. The van der Waals surface area contributed by atoms with Crippen molar-refractivity contribution in [1.82, 2.24) is 10.0 Å². The molecular formula is C13H16N2O2. The van der Waals surface area contributed by atoms with Gasteiger partial charge in [-0.25, -0.2) is 5.01 Å². The molecule has 2 heterocycles. The molecule has 0 bridgehead atoms. The zero-order valence-corrected chi connectivity index (χ0v) is 9.62. The van der Waals surface area contributed by atoms with Crippen molar-refractivity contribution in [2.45, 2.75) is 12.5 Å². The molecule has 2 fully saturated rings. The minimum Gasteiger partial charge on any atom is -0.396 e. The van der Waals surface area contributed by atoms with Gasteiger partial charge in [0.2, 0.25) is 5.91 Å². The molecule has 90 valence electrons. The predicted octanol–water partition coefficient (Wildman–Crippen LogP) is 0.799. The third kappa shape index (κ3) is 1.64. The van der Waals surface area contributed by atoms with Crippen LogP contribution in [0.15, 0.2) is 30.3 Å². The van der Waals surface area contributed by atoms with E-state index in [1.54, 1.807) is 5.01 Å². The number of nitrogens with zero attached hydrogens (tertiary/aromatic N) is 2. The SMILES string of the molecule is O=C1CCN2[C@@H](c3ccccc3)[C@@H](CO)CN12. The first-order chi connectivity index (χ1) is 8.31. The summed E-state index contributed by atoms with van der Waals surface area (Å²) in [5, 5.41) is 13.4. The summed E-state index contributed by atoms with van der Waals surface area (Å²) < 4.78 is 0. The molecule has 17 heavy (non-hydrogen) atoms. The summed E-state index contributed by atoms with van der Waals surface area (Å²) in [6.45, 7) is 1.55. The summed E-state index contributed by atoms with van der Waals surface area (Å²) in [4.78, 5) is 11.7. The van der Waals surface area contributed by atoms with Crippen LogP contribution in [0, 0.1) is 5.92 Å². The van der Waals surface area contributed by atoms with Crippen LogP contribution in [0.2, 0.25) is 0 Å². The number of carbonyl (C=O) groups is 1. The summed E-state index contributed by atoms with van der Waals surface area (Å²) in [5.74, 6) is 0.309. The molecule has 1 aromatic rings. The average molecular weight is 232 g/mol. The maximum absolute atomic E-state index is 11.7. The first kappa shape index (κ1) is 10.7. The minimum atomic E-state index is 0.125. The molecule has 1 aromatic carbocycles. The van der Waals surface area contributed by atoms with Crippen LogP contribution < -0.4 is 0 Å². The Kier molecular flexibility index (Phi) is 2.61. The summed E-state index contributed by atoms with van der Waals surface area (Å²) in [7, 11) is 0. The number of amides is 1. The molecule has 0 spiro atoms. The normalized spacial score (nSPS) is 28.8. The van der Waals surface area contributed by atoms with E-state index in [4.69, 9.17) is 0 Å². The van der Waals surface area contributed by atoms with Crippen LogP contribution in [0.5, 0.6) is 0 Å². The van der Waals surface area contributed by atoms with Crippen molar-refractivity contribution in [2.75, 3.05) is 19.7 Å². The van der Waals surface area contributed by atoms with Crippen LogP contribution in [-0.4, -0.2) is 40.7 Å². The van der Waals surface area contributed by atoms with E-state index in [0.29, 0.717) is 13.0 Å². The lowest BCUT2D eigenvalue weighted by Gasteiger charge is -2.26. The van der Waals surface area contributed by atoms with Crippen LogP contribution >= 0.6 is 0 Å². The molecule has 2 aliphatic rings. The highest BCUT2D eigenvalue weighted by Gasteiger charge is 2.45. The van der Waals surface area contributed by atoms with Gasteiger partial charge in [0.15, 0.2) is 0 Å². The van der Waals surface area contributed by atoms with Gasteiger partial charge in [0.1, 0.15) is 0 Å². The van der Waals surface area contributed by atoms with E-state index in [1.165, 1.54) is 5.56 Å². The summed E-state index contributed by atoms with van der Waals surface area (Å²) in [5.41, 5.74) is 1.18. The van der Waals surface area contributed by atoms with Gasteiger partial charge in [-0.3, -0.25) is 9.80 Å². The molecule has 2 atom stereocenters. The van der Waals surface area contributed by atoms with Gasteiger partial charge in [0.05, 0.1) is 6.04 Å². The lowest BCUT2D eigenvalue weighted by atomic mass is 9.94. The van der Waals surface area contributed by atoms with Crippen molar-refractivity contribution in [3.05, 3.63) is 35.9 Å². The zero-order valence-electron chi connectivity index (χ0n) is 9.62. The lowest BCUT2D eigenvalue weighted by molar-refractivity contribution is -0.135. The molecule has 0 unspecified atom stereocenters. The van der Waals surface area contributed by atoms with Gasteiger partial charge in [-0.2, -0.15) is 0 Å². The van der Waals surface area contributed by atoms with E-state index in [2.05, 4.69) is 17.1 Å². The lowest BCUT2D eigenvalue weighted by Crippen LogP contribution is -2.33. The fourth-order valence-corrected chi connectivity index (χ4v) is 2.92. The first-order valence-electron chi connectivity index (χ1n) is 6.04. The molecule has 2 saturated heterocycles. The number of aliphatic hydroxyl groups excluding tert-OH is 1. The number of carbonyl (C=O) groups excluding carboxylic acids is 1. The minimum absolute atomic E-state index is 0.125. The Morgan fingerprint density at radius 2 is 2.06 bits per heavy atom. The van der Waals surface area contributed by atoms with Crippen molar-refractivity contribution in [1.29, 1.82) is 0 Å². The molecule has 0 radical (unpaired) electrons. The molecule has 0 saturated carbocycles. The Balaban J connectivity index is 1.94. The molecule has 0 aromatic heterocycles. The van der Waals surface area contributed by atoms with Gasteiger partial charge in [-0.05, 0) is 5.56 Å². The Bertz CT molecular complexity index is 421. The van der Waals surface area contributed by atoms with Gasteiger partial charge < -0.3 is 5.11 Å². The molecule has 4 heteroatoms. The van der Waals surface area contributed by atoms with Gasteiger partial charge in [0, 0.05) is 32.0 Å². The highest BCUT2D eigenvalue weighted by Crippen LogP contribution is 2.39. The van der Waals surface area contributed by atoms with E-state index >= 15 is 0 Å². The Hall–Kier alpha value is -1.39. The van der Waals surface area contributed by atoms with Crippen molar-refractivity contribution >= 4 is 5.91 Å². The Labute approximate surface area is 100 Å². The maximum atomic E-state index is 11.7. The number of aliphatic hydroxyl groups is 1. The van der Waals surface area contributed by atoms with Gasteiger partial charge in [-0.15, -0.1) is 0 Å². The summed E-state index contributed by atoms with van der Waals surface area (Å²) in [6, 6.07) is 10.3. The van der Waals surface area contributed by atoms with E-state index in [0.717, 1.165) is 6.54 Å². The topological polar surface area (TPSA) is 43.8 Å². The number of benzene rings is 1. The highest BCUT2D eigenvalue weighted by molar-refractivity contribution is 5.78. The standard InChI is InChI=1S/C13H16N2O2/c16-9-11-8-15-12(17)6-7-14(15)13(11)10-4-2-1-3-5-10/h1-5,11,13,16H,6-9H2/t11-,13+/m1/s1.